The molecule has 1 fully saturated rings. The summed E-state index contributed by atoms with van der Waals surface area (Å²) in [5.74, 6) is 1.82. The minimum atomic E-state index is 0.165. The zero-order valence-electron chi connectivity index (χ0n) is 14.0. The van der Waals surface area contributed by atoms with E-state index in [0.717, 1.165) is 30.3 Å². The number of rotatable bonds is 6. The van der Waals surface area contributed by atoms with E-state index in [1.165, 1.54) is 25.9 Å². The van der Waals surface area contributed by atoms with Crippen LogP contribution >= 0.6 is 0 Å². The first-order valence-corrected chi connectivity index (χ1v) is 8.17. The molecule has 0 spiro atoms. The molecule has 0 aliphatic carbocycles. The first kappa shape index (κ1) is 16.8. The summed E-state index contributed by atoms with van der Waals surface area (Å²) in [4.78, 5) is 16.6. The Kier molecular flexibility index (Phi) is 6.25. The van der Waals surface area contributed by atoms with Crippen LogP contribution in [0.4, 0.5) is 0 Å². The zero-order chi connectivity index (χ0) is 15.9. The van der Waals surface area contributed by atoms with Crippen LogP contribution in [0.15, 0.2) is 24.3 Å². The van der Waals surface area contributed by atoms with Crippen molar-refractivity contribution in [1.29, 1.82) is 0 Å². The largest absolute Gasteiger partial charge is 0.497 e. The third-order valence-corrected chi connectivity index (χ3v) is 4.54. The number of likely N-dealkylation sites (N-methyl/N-ethyl adjacent to an activating group) is 1. The van der Waals surface area contributed by atoms with E-state index in [1.54, 1.807) is 7.11 Å². The van der Waals surface area contributed by atoms with E-state index in [4.69, 9.17) is 4.74 Å². The number of benzene rings is 1. The number of likely N-dealkylation sites (tertiary alicyclic amines) is 1. The van der Waals surface area contributed by atoms with Gasteiger partial charge in [-0.25, -0.2) is 0 Å². The lowest BCUT2D eigenvalue weighted by atomic mass is 9.99. The maximum Gasteiger partial charge on any atom is 0.226 e. The number of nitrogens with zero attached hydrogens (tertiary/aromatic N) is 2. The smallest absolute Gasteiger partial charge is 0.226 e. The van der Waals surface area contributed by atoms with Gasteiger partial charge < -0.3 is 14.5 Å². The number of amides is 1. The van der Waals surface area contributed by atoms with Crippen molar-refractivity contribution in [3.8, 4) is 5.75 Å². The molecular weight excluding hydrogens is 276 g/mol. The minimum Gasteiger partial charge on any atom is -0.497 e. The summed E-state index contributed by atoms with van der Waals surface area (Å²) in [6.07, 6.45) is 2.99. The quantitative estimate of drug-likeness (QED) is 0.809. The Bertz CT molecular complexity index is 482. The lowest BCUT2D eigenvalue weighted by Crippen LogP contribution is -2.40. The molecule has 122 valence electrons. The summed E-state index contributed by atoms with van der Waals surface area (Å²) in [6.45, 7) is 6.43. The van der Waals surface area contributed by atoms with Crippen LogP contribution < -0.4 is 4.74 Å². The molecule has 1 heterocycles. The maximum absolute atomic E-state index is 12.3. The van der Waals surface area contributed by atoms with Crippen molar-refractivity contribution in [3.63, 3.8) is 0 Å². The van der Waals surface area contributed by atoms with E-state index in [-0.39, 0.29) is 5.91 Å². The van der Waals surface area contributed by atoms with Crippen molar-refractivity contribution < 1.29 is 9.53 Å². The Morgan fingerprint density at radius 1 is 1.36 bits per heavy atom. The third-order valence-electron chi connectivity index (χ3n) is 4.54. The SMILES string of the molecule is COc1cccc(CC(=O)N(C)CCN2CCC(C)CC2)c1. The van der Waals surface area contributed by atoms with Gasteiger partial charge in [0.2, 0.25) is 5.91 Å². The Hall–Kier alpha value is -1.55. The van der Waals surface area contributed by atoms with Crippen LogP contribution in [-0.2, 0) is 11.2 Å². The number of hydrogen-bond acceptors (Lipinski definition) is 3. The molecule has 4 heteroatoms. The Balaban J connectivity index is 1.76. The lowest BCUT2D eigenvalue weighted by Gasteiger charge is -2.31. The minimum absolute atomic E-state index is 0.165. The van der Waals surface area contributed by atoms with Crippen LogP contribution in [0.1, 0.15) is 25.3 Å². The second-order valence-corrected chi connectivity index (χ2v) is 6.37. The molecule has 0 N–H and O–H groups in total. The Labute approximate surface area is 134 Å². The van der Waals surface area contributed by atoms with E-state index in [0.29, 0.717) is 6.42 Å². The average molecular weight is 304 g/mol. The molecule has 0 saturated carbocycles. The fraction of sp³-hybridized carbons (Fsp3) is 0.611. The zero-order valence-corrected chi connectivity index (χ0v) is 14.0. The molecule has 0 radical (unpaired) electrons. The van der Waals surface area contributed by atoms with Crippen LogP contribution in [0, 0.1) is 5.92 Å². The van der Waals surface area contributed by atoms with Gasteiger partial charge in [0.05, 0.1) is 13.5 Å². The van der Waals surface area contributed by atoms with Crippen LogP contribution in [0.2, 0.25) is 0 Å². The van der Waals surface area contributed by atoms with Gasteiger partial charge >= 0.3 is 0 Å². The summed E-state index contributed by atoms with van der Waals surface area (Å²) < 4.78 is 5.20. The van der Waals surface area contributed by atoms with Gasteiger partial charge in [0, 0.05) is 20.1 Å². The van der Waals surface area contributed by atoms with Crippen LogP contribution in [0.25, 0.3) is 0 Å². The van der Waals surface area contributed by atoms with Crippen LogP contribution in [0.3, 0.4) is 0 Å². The number of carbonyl (C=O) groups excluding carboxylic acids is 1. The van der Waals surface area contributed by atoms with Crippen LogP contribution in [0.5, 0.6) is 5.75 Å². The monoisotopic (exact) mass is 304 g/mol. The summed E-state index contributed by atoms with van der Waals surface area (Å²) >= 11 is 0. The summed E-state index contributed by atoms with van der Waals surface area (Å²) in [7, 11) is 3.54. The van der Waals surface area contributed by atoms with Crippen molar-refractivity contribution in [3.05, 3.63) is 29.8 Å². The molecule has 0 unspecified atom stereocenters. The number of piperidine rings is 1. The van der Waals surface area contributed by atoms with Crippen molar-refractivity contribution in [2.45, 2.75) is 26.2 Å². The first-order chi connectivity index (χ1) is 10.6. The molecule has 1 amide bonds. The van der Waals surface area contributed by atoms with E-state index in [1.807, 2.05) is 36.2 Å². The van der Waals surface area contributed by atoms with Gasteiger partial charge in [-0.05, 0) is 49.5 Å². The standard InChI is InChI=1S/C18H28N2O2/c1-15-7-9-20(10-8-15)12-11-19(2)18(21)14-16-5-4-6-17(13-16)22-3/h4-6,13,15H,7-12,14H2,1-3H3. The first-order valence-electron chi connectivity index (χ1n) is 8.17. The van der Waals surface area contributed by atoms with Gasteiger partial charge in [-0.15, -0.1) is 0 Å². The average Bonchev–Trinajstić information content (AvgIpc) is 2.54. The third kappa shape index (κ3) is 5.02. The highest BCUT2D eigenvalue weighted by Gasteiger charge is 2.17. The molecule has 0 atom stereocenters. The molecule has 4 nitrogen and oxygen atoms in total. The Morgan fingerprint density at radius 3 is 2.77 bits per heavy atom. The summed E-state index contributed by atoms with van der Waals surface area (Å²) in [6, 6.07) is 7.73. The number of methoxy groups -OCH3 is 1. The lowest BCUT2D eigenvalue weighted by molar-refractivity contribution is -0.129. The molecule has 1 aromatic rings. The molecule has 0 aromatic heterocycles. The maximum atomic E-state index is 12.3. The van der Waals surface area contributed by atoms with Gasteiger partial charge in [-0.1, -0.05) is 19.1 Å². The van der Waals surface area contributed by atoms with Crippen molar-refractivity contribution in [2.24, 2.45) is 5.92 Å². The highest BCUT2D eigenvalue weighted by Crippen LogP contribution is 2.16. The summed E-state index contributed by atoms with van der Waals surface area (Å²) in [5.41, 5.74) is 1.00. The molecule has 22 heavy (non-hydrogen) atoms. The second-order valence-electron chi connectivity index (χ2n) is 6.37. The molecule has 1 aliphatic heterocycles. The molecule has 1 aromatic carbocycles. The molecule has 0 bridgehead atoms. The highest BCUT2D eigenvalue weighted by atomic mass is 16.5. The molecule has 1 saturated heterocycles. The molecule has 2 rings (SSSR count). The van der Waals surface area contributed by atoms with E-state index < -0.39 is 0 Å². The normalized spacial score (nSPS) is 16.5. The van der Waals surface area contributed by atoms with Gasteiger partial charge in [-0.3, -0.25) is 4.79 Å². The van der Waals surface area contributed by atoms with Crippen molar-refractivity contribution in [1.82, 2.24) is 9.80 Å². The van der Waals surface area contributed by atoms with E-state index >= 15 is 0 Å². The number of ether oxygens (including phenoxy) is 1. The second kappa shape index (κ2) is 8.18. The van der Waals surface area contributed by atoms with Crippen molar-refractivity contribution in [2.75, 3.05) is 40.3 Å². The van der Waals surface area contributed by atoms with Gasteiger partial charge in [-0.2, -0.15) is 0 Å². The predicted octanol–water partition coefficient (Wildman–Crippen LogP) is 2.43. The van der Waals surface area contributed by atoms with Crippen molar-refractivity contribution >= 4 is 5.91 Å². The molecular formula is C18H28N2O2. The van der Waals surface area contributed by atoms with Gasteiger partial charge in [0.15, 0.2) is 0 Å². The van der Waals surface area contributed by atoms with Crippen LogP contribution in [-0.4, -0.2) is 56.0 Å². The van der Waals surface area contributed by atoms with Gasteiger partial charge in [0.1, 0.15) is 5.75 Å². The van der Waals surface area contributed by atoms with Gasteiger partial charge in [0.25, 0.3) is 0 Å². The highest BCUT2D eigenvalue weighted by molar-refractivity contribution is 5.78. The Morgan fingerprint density at radius 2 is 2.09 bits per heavy atom. The van der Waals surface area contributed by atoms with E-state index in [2.05, 4.69) is 11.8 Å². The van der Waals surface area contributed by atoms with E-state index in [9.17, 15) is 4.79 Å². The fourth-order valence-corrected chi connectivity index (χ4v) is 2.79. The number of carbonyl (C=O) groups is 1. The number of hydrogen-bond donors (Lipinski definition) is 0. The predicted molar refractivity (Wildman–Crippen MR) is 89.2 cm³/mol. The fourth-order valence-electron chi connectivity index (χ4n) is 2.79. The molecule has 1 aliphatic rings. The summed E-state index contributed by atoms with van der Waals surface area (Å²) in [5, 5.41) is 0. The topological polar surface area (TPSA) is 32.8 Å².